The maximum absolute atomic E-state index is 11.9. The van der Waals surface area contributed by atoms with Crippen LogP contribution in [-0.2, 0) is 27.7 Å². The van der Waals surface area contributed by atoms with Crippen LogP contribution in [0.3, 0.4) is 0 Å². The van der Waals surface area contributed by atoms with Crippen molar-refractivity contribution in [2.75, 3.05) is 19.8 Å². The van der Waals surface area contributed by atoms with Gasteiger partial charge in [0.1, 0.15) is 0 Å². The maximum Gasteiger partial charge on any atom is 0.339 e. The number of esters is 1. The molecule has 0 amide bonds. The molecule has 5 nitrogen and oxygen atoms in total. The number of rotatable bonds is 8. The first kappa shape index (κ1) is 15.7. The zero-order chi connectivity index (χ0) is 14.3. The molecule has 0 atom stereocenters. The van der Waals surface area contributed by atoms with Crippen molar-refractivity contribution >= 4 is 5.97 Å². The molecule has 1 heterocycles. The molecule has 0 aliphatic heterocycles. The Kier molecular flexibility index (Phi) is 6.59. The number of aryl methyl sites for hydroxylation is 1. The second-order valence-electron chi connectivity index (χ2n) is 4.05. The lowest BCUT2D eigenvalue weighted by atomic mass is 10.2. The van der Waals surface area contributed by atoms with Crippen molar-refractivity contribution in [3.05, 3.63) is 23.5 Å². The fourth-order valence-corrected chi connectivity index (χ4v) is 1.91. The van der Waals surface area contributed by atoms with Gasteiger partial charge in [0.05, 0.1) is 12.2 Å². The molecule has 1 aromatic rings. The highest BCUT2D eigenvalue weighted by Crippen LogP contribution is 2.16. The highest BCUT2D eigenvalue weighted by atomic mass is 16.7. The summed E-state index contributed by atoms with van der Waals surface area (Å²) in [5, 5.41) is 0. The van der Waals surface area contributed by atoms with Crippen molar-refractivity contribution in [2.24, 2.45) is 7.05 Å². The molecule has 19 heavy (non-hydrogen) atoms. The molecule has 0 radical (unpaired) electrons. The zero-order valence-corrected chi connectivity index (χ0v) is 12.1. The lowest BCUT2D eigenvalue weighted by Crippen LogP contribution is -2.23. The van der Waals surface area contributed by atoms with Gasteiger partial charge >= 0.3 is 5.97 Å². The van der Waals surface area contributed by atoms with Gasteiger partial charge in [-0.1, -0.05) is 0 Å². The second-order valence-corrected chi connectivity index (χ2v) is 4.05. The average Bonchev–Trinajstić information content (AvgIpc) is 2.72. The predicted octanol–water partition coefficient (Wildman–Crippen LogP) is 2.14. The lowest BCUT2D eigenvalue weighted by molar-refractivity contribution is -0.135. The molecule has 1 aromatic heterocycles. The summed E-state index contributed by atoms with van der Waals surface area (Å²) in [7, 11) is 1.90. The van der Waals surface area contributed by atoms with Gasteiger partial charge < -0.3 is 18.8 Å². The number of nitrogens with zero attached hydrogens (tertiary/aromatic N) is 1. The molecule has 0 bridgehead atoms. The Morgan fingerprint density at radius 1 is 1.21 bits per heavy atom. The number of aromatic nitrogens is 1. The van der Waals surface area contributed by atoms with Crippen molar-refractivity contribution in [3.63, 3.8) is 0 Å². The topological polar surface area (TPSA) is 49.7 Å². The molecule has 0 fully saturated rings. The van der Waals surface area contributed by atoms with Crippen LogP contribution in [0.5, 0.6) is 0 Å². The SMILES string of the molecule is CCOC(=O)c1ccn(C)c1CC(OCC)OCC. The molecule has 108 valence electrons. The van der Waals surface area contributed by atoms with E-state index in [1.807, 2.05) is 31.7 Å². The van der Waals surface area contributed by atoms with E-state index in [0.717, 1.165) is 5.69 Å². The van der Waals surface area contributed by atoms with Gasteiger partial charge in [-0.25, -0.2) is 4.79 Å². The minimum absolute atomic E-state index is 0.301. The molecule has 1 rings (SSSR count). The van der Waals surface area contributed by atoms with Crippen molar-refractivity contribution in [1.29, 1.82) is 0 Å². The first-order valence-corrected chi connectivity index (χ1v) is 6.68. The third kappa shape index (κ3) is 4.36. The Hall–Kier alpha value is -1.33. The van der Waals surface area contributed by atoms with Gasteiger partial charge in [0.2, 0.25) is 0 Å². The summed E-state index contributed by atoms with van der Waals surface area (Å²) in [5.41, 5.74) is 1.44. The smallest absolute Gasteiger partial charge is 0.339 e. The first-order chi connectivity index (χ1) is 9.13. The van der Waals surface area contributed by atoms with E-state index in [0.29, 0.717) is 31.8 Å². The molecular weight excluding hydrogens is 246 g/mol. The number of hydrogen-bond acceptors (Lipinski definition) is 4. The van der Waals surface area contributed by atoms with E-state index < -0.39 is 0 Å². The van der Waals surface area contributed by atoms with Gasteiger partial charge in [-0.3, -0.25) is 0 Å². The van der Waals surface area contributed by atoms with Crippen molar-refractivity contribution in [1.82, 2.24) is 4.57 Å². The minimum Gasteiger partial charge on any atom is -0.462 e. The maximum atomic E-state index is 11.9. The third-order valence-electron chi connectivity index (χ3n) is 2.76. The van der Waals surface area contributed by atoms with Gasteiger partial charge in [0.15, 0.2) is 6.29 Å². The van der Waals surface area contributed by atoms with Crippen LogP contribution in [0, 0.1) is 0 Å². The van der Waals surface area contributed by atoms with Gasteiger partial charge in [-0.2, -0.15) is 0 Å². The van der Waals surface area contributed by atoms with Crippen molar-refractivity contribution in [2.45, 2.75) is 33.5 Å². The van der Waals surface area contributed by atoms with Gasteiger partial charge in [0, 0.05) is 38.6 Å². The molecule has 5 heteroatoms. The lowest BCUT2D eigenvalue weighted by Gasteiger charge is -2.18. The highest BCUT2D eigenvalue weighted by Gasteiger charge is 2.20. The largest absolute Gasteiger partial charge is 0.462 e. The number of ether oxygens (including phenoxy) is 3. The van der Waals surface area contributed by atoms with Crippen LogP contribution in [0.15, 0.2) is 12.3 Å². The Bertz CT molecular complexity index is 394. The fourth-order valence-electron chi connectivity index (χ4n) is 1.91. The van der Waals surface area contributed by atoms with E-state index in [9.17, 15) is 4.79 Å². The molecule has 0 N–H and O–H groups in total. The summed E-state index contributed by atoms with van der Waals surface area (Å²) in [6, 6.07) is 1.77. The average molecular weight is 269 g/mol. The van der Waals surface area contributed by atoms with E-state index in [1.165, 1.54) is 0 Å². The van der Waals surface area contributed by atoms with E-state index in [4.69, 9.17) is 14.2 Å². The van der Waals surface area contributed by atoms with E-state index >= 15 is 0 Å². The number of hydrogen-bond donors (Lipinski definition) is 0. The summed E-state index contributed by atoms with van der Waals surface area (Å²) >= 11 is 0. The van der Waals surface area contributed by atoms with Crippen molar-refractivity contribution < 1.29 is 19.0 Å². The van der Waals surface area contributed by atoms with E-state index in [-0.39, 0.29) is 12.3 Å². The van der Waals surface area contributed by atoms with Gasteiger partial charge in [0.25, 0.3) is 0 Å². The fraction of sp³-hybridized carbons (Fsp3) is 0.643. The number of carbonyl (C=O) groups is 1. The standard InChI is InChI=1S/C14H23NO4/c1-5-17-13(18-6-2)10-12-11(8-9-15(12)4)14(16)19-7-3/h8-9,13H,5-7,10H2,1-4H3. The highest BCUT2D eigenvalue weighted by molar-refractivity contribution is 5.90. The predicted molar refractivity (Wildman–Crippen MR) is 72.1 cm³/mol. The summed E-state index contributed by atoms with van der Waals surface area (Å²) < 4.78 is 18.0. The summed E-state index contributed by atoms with van der Waals surface area (Å²) in [6.07, 6.45) is 2.03. The van der Waals surface area contributed by atoms with Crippen LogP contribution in [0.4, 0.5) is 0 Å². The summed E-state index contributed by atoms with van der Waals surface area (Å²) in [4.78, 5) is 11.9. The number of carbonyl (C=O) groups excluding carboxylic acids is 1. The van der Waals surface area contributed by atoms with Gasteiger partial charge in [-0.05, 0) is 26.8 Å². The first-order valence-electron chi connectivity index (χ1n) is 6.68. The normalized spacial score (nSPS) is 11.0. The Labute approximate surface area is 114 Å². The van der Waals surface area contributed by atoms with Crippen LogP contribution in [-0.4, -0.2) is 36.6 Å². The van der Waals surface area contributed by atoms with E-state index in [2.05, 4.69) is 0 Å². The Balaban J connectivity index is 2.85. The van der Waals surface area contributed by atoms with Crippen LogP contribution >= 0.6 is 0 Å². The van der Waals surface area contributed by atoms with Crippen molar-refractivity contribution in [3.8, 4) is 0 Å². The third-order valence-corrected chi connectivity index (χ3v) is 2.76. The quantitative estimate of drug-likeness (QED) is 0.536. The minimum atomic E-state index is -0.336. The molecule has 0 aromatic carbocycles. The van der Waals surface area contributed by atoms with Gasteiger partial charge in [-0.15, -0.1) is 0 Å². The molecule has 0 aliphatic rings. The molecule has 0 saturated heterocycles. The molecular formula is C14H23NO4. The Morgan fingerprint density at radius 2 is 1.84 bits per heavy atom. The Morgan fingerprint density at radius 3 is 2.37 bits per heavy atom. The van der Waals surface area contributed by atoms with E-state index in [1.54, 1.807) is 13.0 Å². The van der Waals surface area contributed by atoms with Crippen LogP contribution < -0.4 is 0 Å². The molecule has 0 aliphatic carbocycles. The van der Waals surface area contributed by atoms with Crippen LogP contribution in [0.25, 0.3) is 0 Å². The monoisotopic (exact) mass is 269 g/mol. The molecule has 0 saturated carbocycles. The summed E-state index contributed by atoms with van der Waals surface area (Å²) in [5.74, 6) is -0.301. The summed E-state index contributed by atoms with van der Waals surface area (Å²) in [6.45, 7) is 7.15. The zero-order valence-electron chi connectivity index (χ0n) is 12.1. The molecule has 0 spiro atoms. The van der Waals surface area contributed by atoms with Crippen LogP contribution in [0.1, 0.15) is 36.8 Å². The second kappa shape index (κ2) is 7.96. The van der Waals surface area contributed by atoms with Crippen LogP contribution in [0.2, 0.25) is 0 Å². The molecule has 0 unspecified atom stereocenters.